The van der Waals surface area contributed by atoms with E-state index in [0.717, 1.165) is 13.1 Å². The van der Waals surface area contributed by atoms with Crippen LogP contribution in [0.15, 0.2) is 0 Å². The first-order valence-electron chi connectivity index (χ1n) is 6.20. The van der Waals surface area contributed by atoms with Crippen LogP contribution in [0.3, 0.4) is 0 Å². The largest absolute Gasteiger partial charge is 0.465 e. The first-order valence-corrected chi connectivity index (χ1v) is 6.20. The number of hydrogen-bond acceptors (Lipinski definition) is 4. The highest BCUT2D eigenvalue weighted by Crippen LogP contribution is 2.12. The number of carbonyl (C=O) groups excluding carboxylic acids is 2. The van der Waals surface area contributed by atoms with Crippen LogP contribution in [-0.4, -0.2) is 49.1 Å². The van der Waals surface area contributed by atoms with Gasteiger partial charge in [0.1, 0.15) is 6.54 Å². The quantitative estimate of drug-likeness (QED) is 0.685. The molecule has 17 heavy (non-hydrogen) atoms. The van der Waals surface area contributed by atoms with Gasteiger partial charge in [-0.25, -0.2) is 0 Å². The van der Waals surface area contributed by atoms with E-state index < -0.39 is 0 Å². The molecule has 0 aromatic carbocycles. The summed E-state index contributed by atoms with van der Waals surface area (Å²) in [6.45, 7) is 7.80. The summed E-state index contributed by atoms with van der Waals surface area (Å²) < 4.78 is 4.87. The Balaban J connectivity index is 2.45. The van der Waals surface area contributed by atoms with Crippen molar-refractivity contribution in [3.8, 4) is 0 Å². The Hall–Kier alpha value is -1.10. The van der Waals surface area contributed by atoms with Crippen molar-refractivity contribution in [3.63, 3.8) is 0 Å². The molecule has 1 aliphatic rings. The van der Waals surface area contributed by atoms with E-state index in [9.17, 15) is 9.59 Å². The monoisotopic (exact) mass is 242 g/mol. The van der Waals surface area contributed by atoms with Gasteiger partial charge in [0, 0.05) is 12.5 Å². The maximum absolute atomic E-state index is 12.0. The Kier molecular flexibility index (Phi) is 5.41. The van der Waals surface area contributed by atoms with Gasteiger partial charge in [-0.15, -0.1) is 0 Å². The fraction of sp³-hybridized carbons (Fsp3) is 0.833. The molecule has 1 rings (SSSR count). The summed E-state index contributed by atoms with van der Waals surface area (Å²) in [5, 5.41) is 3.13. The standard InChI is InChI=1S/C12H22N2O3/c1-4-17-12(16)8-14(9(2)3)11(15)5-10-6-13-7-10/h9-10,13H,4-8H2,1-3H3. The Morgan fingerprint density at radius 1 is 1.41 bits per heavy atom. The lowest BCUT2D eigenvalue weighted by Crippen LogP contribution is -2.47. The van der Waals surface area contributed by atoms with E-state index in [0.29, 0.717) is 18.9 Å². The number of esters is 1. The average molecular weight is 242 g/mol. The molecule has 0 aliphatic carbocycles. The third-order valence-electron chi connectivity index (χ3n) is 2.88. The molecule has 5 heteroatoms. The molecular formula is C12H22N2O3. The molecule has 0 spiro atoms. The van der Waals surface area contributed by atoms with Gasteiger partial charge < -0.3 is 15.0 Å². The van der Waals surface area contributed by atoms with Crippen molar-refractivity contribution in [1.82, 2.24) is 10.2 Å². The fourth-order valence-electron chi connectivity index (χ4n) is 1.76. The second-order valence-corrected chi connectivity index (χ2v) is 4.65. The van der Waals surface area contributed by atoms with Gasteiger partial charge in [-0.1, -0.05) is 0 Å². The molecule has 0 aromatic rings. The molecule has 0 atom stereocenters. The van der Waals surface area contributed by atoms with Gasteiger partial charge in [-0.05, 0) is 39.8 Å². The van der Waals surface area contributed by atoms with Gasteiger partial charge in [0.15, 0.2) is 0 Å². The fourth-order valence-corrected chi connectivity index (χ4v) is 1.76. The minimum Gasteiger partial charge on any atom is -0.465 e. The molecule has 0 unspecified atom stereocenters. The topological polar surface area (TPSA) is 58.6 Å². The van der Waals surface area contributed by atoms with Crippen LogP contribution in [0.2, 0.25) is 0 Å². The van der Waals surface area contributed by atoms with E-state index in [2.05, 4.69) is 5.32 Å². The first kappa shape index (κ1) is 14.0. The zero-order chi connectivity index (χ0) is 12.8. The highest BCUT2D eigenvalue weighted by Gasteiger charge is 2.26. The number of amides is 1. The number of rotatable bonds is 6. The van der Waals surface area contributed by atoms with Crippen molar-refractivity contribution in [2.24, 2.45) is 5.92 Å². The number of ether oxygens (including phenoxy) is 1. The van der Waals surface area contributed by atoms with Gasteiger partial charge in [-0.3, -0.25) is 9.59 Å². The van der Waals surface area contributed by atoms with Crippen LogP contribution in [0.4, 0.5) is 0 Å². The van der Waals surface area contributed by atoms with Crippen molar-refractivity contribution in [2.75, 3.05) is 26.2 Å². The molecule has 5 nitrogen and oxygen atoms in total. The van der Waals surface area contributed by atoms with Gasteiger partial charge in [-0.2, -0.15) is 0 Å². The van der Waals surface area contributed by atoms with Crippen molar-refractivity contribution < 1.29 is 14.3 Å². The highest BCUT2D eigenvalue weighted by atomic mass is 16.5. The molecule has 1 aliphatic heterocycles. The average Bonchev–Trinajstić information content (AvgIpc) is 2.19. The minimum absolute atomic E-state index is 0.0277. The Morgan fingerprint density at radius 3 is 2.47 bits per heavy atom. The smallest absolute Gasteiger partial charge is 0.325 e. The van der Waals surface area contributed by atoms with E-state index in [1.165, 1.54) is 0 Å². The summed E-state index contributed by atoms with van der Waals surface area (Å²) in [7, 11) is 0. The number of hydrogen-bond donors (Lipinski definition) is 1. The summed E-state index contributed by atoms with van der Waals surface area (Å²) >= 11 is 0. The van der Waals surface area contributed by atoms with Crippen LogP contribution in [-0.2, 0) is 14.3 Å². The van der Waals surface area contributed by atoms with E-state index in [4.69, 9.17) is 4.74 Å². The normalized spacial score (nSPS) is 15.5. The molecule has 98 valence electrons. The van der Waals surface area contributed by atoms with E-state index in [-0.39, 0.29) is 24.5 Å². The summed E-state index contributed by atoms with van der Waals surface area (Å²) in [4.78, 5) is 25.0. The van der Waals surface area contributed by atoms with Crippen molar-refractivity contribution >= 4 is 11.9 Å². The summed E-state index contributed by atoms with van der Waals surface area (Å²) in [5.74, 6) is 0.131. The van der Waals surface area contributed by atoms with E-state index >= 15 is 0 Å². The molecule has 0 saturated carbocycles. The molecule has 1 N–H and O–H groups in total. The van der Waals surface area contributed by atoms with Crippen LogP contribution in [0.5, 0.6) is 0 Å². The Bertz CT molecular complexity index is 275. The van der Waals surface area contributed by atoms with E-state index in [1.54, 1.807) is 11.8 Å². The predicted molar refractivity (Wildman–Crippen MR) is 64.5 cm³/mol. The molecule has 0 radical (unpaired) electrons. The second-order valence-electron chi connectivity index (χ2n) is 4.65. The van der Waals surface area contributed by atoms with Gasteiger partial charge >= 0.3 is 5.97 Å². The van der Waals surface area contributed by atoms with Crippen LogP contribution in [0, 0.1) is 5.92 Å². The van der Waals surface area contributed by atoms with Gasteiger partial charge in [0.2, 0.25) is 5.91 Å². The third-order valence-corrected chi connectivity index (χ3v) is 2.88. The molecule has 1 fully saturated rings. The second kappa shape index (κ2) is 6.59. The van der Waals surface area contributed by atoms with Crippen molar-refractivity contribution in [1.29, 1.82) is 0 Å². The number of nitrogens with zero attached hydrogens (tertiary/aromatic N) is 1. The zero-order valence-electron chi connectivity index (χ0n) is 10.9. The lowest BCUT2D eigenvalue weighted by atomic mass is 9.98. The maximum Gasteiger partial charge on any atom is 0.325 e. The lowest BCUT2D eigenvalue weighted by Gasteiger charge is -2.31. The van der Waals surface area contributed by atoms with Crippen molar-refractivity contribution in [2.45, 2.75) is 33.2 Å². The summed E-state index contributed by atoms with van der Waals surface area (Å²) in [5.41, 5.74) is 0. The SMILES string of the molecule is CCOC(=O)CN(C(=O)CC1CNC1)C(C)C. The molecule has 1 saturated heterocycles. The minimum atomic E-state index is -0.332. The van der Waals surface area contributed by atoms with Crippen LogP contribution in [0.25, 0.3) is 0 Å². The van der Waals surface area contributed by atoms with Crippen LogP contribution in [0.1, 0.15) is 27.2 Å². The maximum atomic E-state index is 12.0. The molecule has 1 amide bonds. The number of nitrogens with one attached hydrogen (secondary N) is 1. The molecule has 0 aromatic heterocycles. The van der Waals surface area contributed by atoms with Crippen LogP contribution >= 0.6 is 0 Å². The Morgan fingerprint density at radius 2 is 2.06 bits per heavy atom. The van der Waals surface area contributed by atoms with Crippen LogP contribution < -0.4 is 5.32 Å². The van der Waals surface area contributed by atoms with Gasteiger partial charge in [0.05, 0.1) is 6.61 Å². The molecule has 1 heterocycles. The zero-order valence-corrected chi connectivity index (χ0v) is 10.9. The highest BCUT2D eigenvalue weighted by molar-refractivity contribution is 5.82. The lowest BCUT2D eigenvalue weighted by molar-refractivity contribution is -0.150. The predicted octanol–water partition coefficient (Wildman–Crippen LogP) is 0.396. The Labute approximate surface area is 102 Å². The molecule has 0 bridgehead atoms. The third kappa shape index (κ3) is 4.34. The summed E-state index contributed by atoms with van der Waals surface area (Å²) in [6.07, 6.45) is 0.518. The molecular weight excluding hydrogens is 220 g/mol. The van der Waals surface area contributed by atoms with E-state index in [1.807, 2.05) is 13.8 Å². The van der Waals surface area contributed by atoms with Gasteiger partial charge in [0.25, 0.3) is 0 Å². The number of carbonyl (C=O) groups is 2. The van der Waals surface area contributed by atoms with Crippen molar-refractivity contribution in [3.05, 3.63) is 0 Å². The summed E-state index contributed by atoms with van der Waals surface area (Å²) in [6, 6.07) is 0.0277. The first-order chi connectivity index (χ1) is 8.04.